The molecule has 1 atom stereocenters. The maximum Gasteiger partial charge on any atom is 0.261 e. The molecule has 0 bridgehead atoms. The summed E-state index contributed by atoms with van der Waals surface area (Å²) in [5.74, 6) is 0.205. The minimum absolute atomic E-state index is 0.170. The molecule has 3 aromatic carbocycles. The lowest BCUT2D eigenvalue weighted by Crippen LogP contribution is -2.51. The first kappa shape index (κ1) is 26.3. The Hall–Kier alpha value is -3.31. The second-order valence-electron chi connectivity index (χ2n) is 8.71. The number of benzene rings is 3. The van der Waals surface area contributed by atoms with Gasteiger partial charge in [0.15, 0.2) is 6.61 Å². The molecule has 0 aliphatic heterocycles. The van der Waals surface area contributed by atoms with Gasteiger partial charge in [-0.15, -0.1) is 0 Å². The summed E-state index contributed by atoms with van der Waals surface area (Å²) < 4.78 is 5.91. The summed E-state index contributed by atoms with van der Waals surface area (Å²) in [5, 5.41) is 3.55. The Morgan fingerprint density at radius 2 is 1.71 bits per heavy atom. The van der Waals surface area contributed by atoms with Crippen molar-refractivity contribution in [3.8, 4) is 5.75 Å². The first-order valence-electron chi connectivity index (χ1n) is 11.9. The lowest BCUT2D eigenvalue weighted by atomic mass is 10.0. The normalized spacial score (nSPS) is 11.5. The van der Waals surface area contributed by atoms with E-state index in [0.29, 0.717) is 23.7 Å². The molecule has 3 rings (SSSR count). The van der Waals surface area contributed by atoms with E-state index in [-0.39, 0.29) is 25.0 Å². The number of hydrogen-bond donors (Lipinski definition) is 1. The maximum atomic E-state index is 13.6. The molecule has 5 nitrogen and oxygen atoms in total. The molecule has 3 aromatic rings. The van der Waals surface area contributed by atoms with E-state index in [1.54, 1.807) is 11.0 Å². The van der Waals surface area contributed by atoms with Crippen molar-refractivity contribution in [2.45, 2.75) is 46.2 Å². The Balaban J connectivity index is 1.90. The Kier molecular flexibility index (Phi) is 9.74. The highest BCUT2D eigenvalue weighted by Gasteiger charge is 2.30. The van der Waals surface area contributed by atoms with Crippen molar-refractivity contribution in [2.24, 2.45) is 0 Å². The summed E-state index contributed by atoms with van der Waals surface area (Å²) in [4.78, 5) is 28.5. The maximum absolute atomic E-state index is 13.6. The number of aryl methyl sites for hydroxylation is 2. The molecule has 0 saturated heterocycles. The van der Waals surface area contributed by atoms with Gasteiger partial charge in [0, 0.05) is 24.5 Å². The number of halogens is 1. The standard InChI is InChI=1S/C29H33ClN2O3/c1-4-15-31-29(34)26(18-23-9-6-5-7-10-23)32(19-24-11-8-12-25(30)17-24)28(33)20-35-27-14-13-21(2)16-22(27)3/h5-14,16-17,26H,4,15,18-20H2,1-3H3,(H,31,34)/t26-/m0/s1. The SMILES string of the molecule is CCCNC(=O)[C@H](Cc1ccccc1)N(Cc1cccc(Cl)c1)C(=O)COc1ccc(C)cc1C. The quantitative estimate of drug-likeness (QED) is 0.384. The van der Waals surface area contributed by atoms with Crippen LogP contribution in [0, 0.1) is 13.8 Å². The molecule has 6 heteroatoms. The number of amides is 2. The van der Waals surface area contributed by atoms with Crippen molar-refractivity contribution in [1.29, 1.82) is 0 Å². The lowest BCUT2D eigenvalue weighted by Gasteiger charge is -2.31. The highest BCUT2D eigenvalue weighted by atomic mass is 35.5. The molecule has 0 saturated carbocycles. The Morgan fingerprint density at radius 3 is 2.40 bits per heavy atom. The van der Waals surface area contributed by atoms with Gasteiger partial charge in [-0.2, -0.15) is 0 Å². The number of carbonyl (C=O) groups excluding carboxylic acids is 2. The molecule has 35 heavy (non-hydrogen) atoms. The van der Waals surface area contributed by atoms with Crippen LogP contribution in [0.3, 0.4) is 0 Å². The van der Waals surface area contributed by atoms with Gasteiger partial charge in [-0.1, -0.05) is 78.7 Å². The van der Waals surface area contributed by atoms with E-state index in [1.807, 2.05) is 87.5 Å². The van der Waals surface area contributed by atoms with Crippen LogP contribution in [0.5, 0.6) is 5.75 Å². The fourth-order valence-corrected chi connectivity index (χ4v) is 4.15. The predicted molar refractivity (Wildman–Crippen MR) is 141 cm³/mol. The third kappa shape index (κ3) is 7.86. The van der Waals surface area contributed by atoms with Crippen molar-refractivity contribution in [3.63, 3.8) is 0 Å². The molecule has 0 heterocycles. The summed E-state index contributed by atoms with van der Waals surface area (Å²) in [5.41, 5.74) is 3.90. The summed E-state index contributed by atoms with van der Waals surface area (Å²) in [6.45, 7) is 6.58. The van der Waals surface area contributed by atoms with Crippen LogP contribution in [0.4, 0.5) is 0 Å². The van der Waals surface area contributed by atoms with Crippen LogP contribution in [0.25, 0.3) is 0 Å². The zero-order chi connectivity index (χ0) is 25.2. The van der Waals surface area contributed by atoms with Gasteiger partial charge in [0.2, 0.25) is 5.91 Å². The van der Waals surface area contributed by atoms with E-state index in [9.17, 15) is 9.59 Å². The topological polar surface area (TPSA) is 58.6 Å². The van der Waals surface area contributed by atoms with Crippen molar-refractivity contribution in [3.05, 3.63) is 100 Å². The first-order valence-corrected chi connectivity index (χ1v) is 12.3. The number of carbonyl (C=O) groups is 2. The average molecular weight is 493 g/mol. The van der Waals surface area contributed by atoms with Crippen LogP contribution < -0.4 is 10.1 Å². The van der Waals surface area contributed by atoms with E-state index in [2.05, 4.69) is 5.32 Å². The van der Waals surface area contributed by atoms with Crippen molar-refractivity contribution in [1.82, 2.24) is 10.2 Å². The van der Waals surface area contributed by atoms with E-state index >= 15 is 0 Å². The largest absolute Gasteiger partial charge is 0.483 e. The lowest BCUT2D eigenvalue weighted by molar-refractivity contribution is -0.142. The monoisotopic (exact) mass is 492 g/mol. The van der Waals surface area contributed by atoms with Gasteiger partial charge >= 0.3 is 0 Å². The smallest absolute Gasteiger partial charge is 0.261 e. The molecular formula is C29H33ClN2O3. The molecule has 0 fully saturated rings. The first-order chi connectivity index (χ1) is 16.9. The molecule has 0 aliphatic carbocycles. The molecule has 0 aromatic heterocycles. The van der Waals surface area contributed by atoms with Gasteiger partial charge in [-0.05, 0) is 55.2 Å². The molecule has 2 amide bonds. The Morgan fingerprint density at radius 1 is 0.971 bits per heavy atom. The van der Waals surface area contributed by atoms with E-state index in [1.165, 1.54) is 0 Å². The van der Waals surface area contributed by atoms with Crippen LogP contribution >= 0.6 is 11.6 Å². The van der Waals surface area contributed by atoms with Crippen molar-refractivity contribution < 1.29 is 14.3 Å². The van der Waals surface area contributed by atoms with Crippen molar-refractivity contribution >= 4 is 23.4 Å². The highest BCUT2D eigenvalue weighted by Crippen LogP contribution is 2.21. The molecule has 184 valence electrons. The third-order valence-corrected chi connectivity index (χ3v) is 5.98. The summed E-state index contributed by atoms with van der Waals surface area (Å²) in [6.07, 6.45) is 1.20. The van der Waals surface area contributed by atoms with Crippen LogP contribution in [0.15, 0.2) is 72.8 Å². The molecule has 0 radical (unpaired) electrons. The number of hydrogen-bond acceptors (Lipinski definition) is 3. The van der Waals surface area contributed by atoms with Crippen LogP contribution in [0.2, 0.25) is 5.02 Å². The van der Waals surface area contributed by atoms with Crippen molar-refractivity contribution in [2.75, 3.05) is 13.2 Å². The van der Waals surface area contributed by atoms with E-state index in [4.69, 9.17) is 16.3 Å². The summed E-state index contributed by atoms with van der Waals surface area (Å²) in [6, 6.07) is 22.2. The summed E-state index contributed by atoms with van der Waals surface area (Å²) >= 11 is 6.21. The zero-order valence-corrected chi connectivity index (χ0v) is 21.3. The van der Waals surface area contributed by atoms with Crippen LogP contribution in [-0.4, -0.2) is 35.9 Å². The molecule has 0 unspecified atom stereocenters. The van der Waals surface area contributed by atoms with Gasteiger partial charge in [0.1, 0.15) is 11.8 Å². The number of ether oxygens (including phenoxy) is 1. The summed E-state index contributed by atoms with van der Waals surface area (Å²) in [7, 11) is 0. The van der Waals surface area contributed by atoms with Gasteiger partial charge in [-0.25, -0.2) is 0 Å². The fraction of sp³-hybridized carbons (Fsp3) is 0.310. The zero-order valence-electron chi connectivity index (χ0n) is 20.6. The van der Waals surface area contributed by atoms with Gasteiger partial charge in [-0.3, -0.25) is 9.59 Å². The van der Waals surface area contributed by atoms with Gasteiger partial charge in [0.25, 0.3) is 5.91 Å². The number of rotatable bonds is 11. The molecular weight excluding hydrogens is 460 g/mol. The van der Waals surface area contributed by atoms with Gasteiger partial charge in [0.05, 0.1) is 0 Å². The van der Waals surface area contributed by atoms with Gasteiger partial charge < -0.3 is 15.0 Å². The van der Waals surface area contributed by atoms with Crippen LogP contribution in [-0.2, 0) is 22.6 Å². The predicted octanol–water partition coefficient (Wildman–Crippen LogP) is 5.50. The Bertz CT molecular complexity index is 1130. The van der Waals surface area contributed by atoms with E-state index < -0.39 is 6.04 Å². The minimum Gasteiger partial charge on any atom is -0.483 e. The second kappa shape index (κ2) is 13.0. The number of nitrogens with zero attached hydrogens (tertiary/aromatic N) is 1. The molecule has 1 N–H and O–H groups in total. The van der Waals surface area contributed by atoms with Crippen LogP contribution in [0.1, 0.15) is 35.6 Å². The van der Waals surface area contributed by atoms with E-state index in [0.717, 1.165) is 28.7 Å². The minimum atomic E-state index is -0.696. The number of nitrogens with one attached hydrogen (secondary N) is 1. The average Bonchev–Trinajstić information content (AvgIpc) is 2.84. The third-order valence-electron chi connectivity index (χ3n) is 5.74. The Labute approximate surface area is 213 Å². The highest BCUT2D eigenvalue weighted by molar-refractivity contribution is 6.30. The second-order valence-corrected chi connectivity index (χ2v) is 9.14. The fourth-order valence-electron chi connectivity index (χ4n) is 3.94. The molecule has 0 spiro atoms. The molecule has 0 aliphatic rings.